The van der Waals surface area contributed by atoms with Gasteiger partial charge in [0, 0.05) is 45.6 Å². The first-order valence-corrected chi connectivity index (χ1v) is 12.1. The lowest BCUT2D eigenvalue weighted by atomic mass is 9.82. The van der Waals surface area contributed by atoms with Crippen LogP contribution in [0.2, 0.25) is 0 Å². The van der Waals surface area contributed by atoms with Gasteiger partial charge in [0.05, 0.1) is 6.61 Å². The molecule has 1 saturated heterocycles. The molecular formula is C26H33FN2OS. The van der Waals surface area contributed by atoms with Gasteiger partial charge in [0.15, 0.2) is 0 Å². The second-order valence-corrected chi connectivity index (χ2v) is 10.6. The third-order valence-corrected chi connectivity index (χ3v) is 8.07. The van der Waals surface area contributed by atoms with Gasteiger partial charge in [-0.1, -0.05) is 6.07 Å². The fourth-order valence-corrected chi connectivity index (χ4v) is 5.76. The zero-order valence-electron chi connectivity index (χ0n) is 19.1. The lowest BCUT2D eigenvalue weighted by Crippen LogP contribution is -2.42. The first-order valence-electron chi connectivity index (χ1n) is 11.3. The Labute approximate surface area is 189 Å². The van der Waals surface area contributed by atoms with Gasteiger partial charge < -0.3 is 4.74 Å². The normalized spacial score (nSPS) is 20.0. The Morgan fingerprint density at radius 2 is 2.06 bits per heavy atom. The number of hydrogen-bond acceptors (Lipinski definition) is 4. The van der Waals surface area contributed by atoms with Gasteiger partial charge in [-0.2, -0.15) is 0 Å². The van der Waals surface area contributed by atoms with Gasteiger partial charge in [0.25, 0.3) is 0 Å². The van der Waals surface area contributed by atoms with Crippen LogP contribution in [0.15, 0.2) is 42.6 Å². The van der Waals surface area contributed by atoms with Crippen molar-refractivity contribution >= 4 is 21.4 Å². The Morgan fingerprint density at radius 3 is 2.81 bits per heavy atom. The highest BCUT2D eigenvalue weighted by Gasteiger charge is 2.43. The van der Waals surface area contributed by atoms with Crippen molar-refractivity contribution in [1.29, 1.82) is 0 Å². The monoisotopic (exact) mass is 440 g/mol. The zero-order chi connectivity index (χ0) is 22.1. The second kappa shape index (κ2) is 8.97. The Kier molecular flexibility index (Phi) is 6.47. The first-order chi connectivity index (χ1) is 14.8. The molecule has 3 aromatic rings. The molecule has 1 atom stereocenters. The van der Waals surface area contributed by atoms with Crippen LogP contribution in [-0.2, 0) is 16.7 Å². The number of halogens is 1. The fourth-order valence-electron chi connectivity index (χ4n) is 4.72. The molecule has 0 bridgehead atoms. The molecule has 0 unspecified atom stereocenters. The molecule has 0 radical (unpaired) electrons. The van der Waals surface area contributed by atoms with E-state index in [2.05, 4.69) is 48.9 Å². The maximum Gasteiger partial charge on any atom is 0.123 e. The van der Waals surface area contributed by atoms with Crippen LogP contribution in [0.3, 0.4) is 0 Å². The predicted molar refractivity (Wildman–Crippen MR) is 127 cm³/mol. The summed E-state index contributed by atoms with van der Waals surface area (Å²) >= 11 is 1.79. The maximum atomic E-state index is 13.6. The van der Waals surface area contributed by atoms with Crippen molar-refractivity contribution in [1.82, 2.24) is 9.88 Å². The van der Waals surface area contributed by atoms with E-state index in [1.165, 1.54) is 10.4 Å². The van der Waals surface area contributed by atoms with Crippen LogP contribution in [0.5, 0.6) is 0 Å². The molecule has 0 saturated carbocycles. The summed E-state index contributed by atoms with van der Waals surface area (Å²) in [6.07, 6.45) is 5.25. The van der Waals surface area contributed by atoms with E-state index >= 15 is 0 Å². The number of rotatable bonds is 8. The molecule has 1 aromatic carbocycles. The van der Waals surface area contributed by atoms with Crippen molar-refractivity contribution < 1.29 is 9.13 Å². The number of aryl methyl sites for hydroxylation is 2. The van der Waals surface area contributed by atoms with Crippen molar-refractivity contribution in [2.45, 2.75) is 52.5 Å². The van der Waals surface area contributed by atoms with E-state index in [0.717, 1.165) is 61.3 Å². The van der Waals surface area contributed by atoms with E-state index in [9.17, 15) is 4.39 Å². The molecule has 166 valence electrons. The number of ether oxygens (including phenoxy) is 1. The average Bonchev–Trinajstić information content (AvgIpc) is 3.36. The van der Waals surface area contributed by atoms with Crippen LogP contribution >= 0.6 is 11.3 Å². The van der Waals surface area contributed by atoms with Crippen LogP contribution in [0, 0.1) is 18.2 Å². The van der Waals surface area contributed by atoms with Gasteiger partial charge in [-0.25, -0.2) is 4.39 Å². The molecule has 1 aliphatic rings. The van der Waals surface area contributed by atoms with E-state index in [1.807, 2.05) is 19.2 Å². The number of fused-ring (bicyclic) bond motifs is 1. The Hall–Kier alpha value is -1.82. The molecule has 0 aliphatic carbocycles. The first kappa shape index (κ1) is 22.4. The fraction of sp³-hybridized carbons (Fsp3) is 0.500. The number of nitrogens with zero attached hydrogens (tertiary/aromatic N) is 2. The van der Waals surface area contributed by atoms with Crippen LogP contribution in [0.4, 0.5) is 4.39 Å². The number of aromatic nitrogens is 1. The quantitative estimate of drug-likeness (QED) is 0.409. The smallest absolute Gasteiger partial charge is 0.123 e. The highest BCUT2D eigenvalue weighted by atomic mass is 32.1. The molecular weight excluding hydrogens is 407 g/mol. The highest BCUT2D eigenvalue weighted by Crippen LogP contribution is 2.42. The topological polar surface area (TPSA) is 25.4 Å². The minimum absolute atomic E-state index is 0.0657. The largest absolute Gasteiger partial charge is 0.381 e. The molecule has 0 spiro atoms. The summed E-state index contributed by atoms with van der Waals surface area (Å²) in [6, 6.07) is 11.6. The summed E-state index contributed by atoms with van der Waals surface area (Å²) in [6.45, 7) is 12.3. The second-order valence-electron chi connectivity index (χ2n) is 9.45. The molecule has 3 nitrogen and oxygen atoms in total. The number of pyridine rings is 1. The van der Waals surface area contributed by atoms with Crippen LogP contribution in [0.25, 0.3) is 10.1 Å². The summed E-state index contributed by atoms with van der Waals surface area (Å²) in [5, 5.41) is 1.01. The van der Waals surface area contributed by atoms with E-state index in [0.29, 0.717) is 0 Å². The molecule has 5 heteroatoms. The molecule has 31 heavy (non-hydrogen) atoms. The number of benzene rings is 1. The third-order valence-electron chi connectivity index (χ3n) is 6.89. The molecule has 1 fully saturated rings. The standard InChI is InChI=1S/C26H33FN2OS/c1-5-30-18-26(11-10-23-15-20-14-22(27)8-9-24(20)31-23)12-13-29(17-26)25(3,4)21-7-6-19(2)28-16-21/h6-9,14-16H,5,10-13,17-18H2,1-4H3/t26-/m1/s1. The van der Waals surface area contributed by atoms with E-state index in [1.54, 1.807) is 23.5 Å². The Balaban J connectivity index is 1.50. The average molecular weight is 441 g/mol. The number of likely N-dealkylation sites (tertiary alicyclic amines) is 1. The van der Waals surface area contributed by atoms with Crippen molar-refractivity contribution in [2.75, 3.05) is 26.3 Å². The van der Waals surface area contributed by atoms with Gasteiger partial charge in [-0.15, -0.1) is 11.3 Å². The third kappa shape index (κ3) is 4.84. The summed E-state index contributed by atoms with van der Waals surface area (Å²) in [5.74, 6) is -0.163. The zero-order valence-corrected chi connectivity index (χ0v) is 19.9. The molecule has 0 amide bonds. The van der Waals surface area contributed by atoms with Crippen molar-refractivity contribution in [3.8, 4) is 0 Å². The van der Waals surface area contributed by atoms with Crippen molar-refractivity contribution in [3.05, 3.63) is 64.5 Å². The summed E-state index contributed by atoms with van der Waals surface area (Å²) in [4.78, 5) is 8.46. The molecule has 0 N–H and O–H groups in total. The van der Waals surface area contributed by atoms with Gasteiger partial charge in [-0.3, -0.25) is 9.88 Å². The Bertz CT molecular complexity index is 1030. The number of thiophene rings is 1. The van der Waals surface area contributed by atoms with Gasteiger partial charge >= 0.3 is 0 Å². The van der Waals surface area contributed by atoms with E-state index in [4.69, 9.17) is 4.74 Å². The minimum atomic E-state index is -0.163. The highest BCUT2D eigenvalue weighted by molar-refractivity contribution is 7.19. The minimum Gasteiger partial charge on any atom is -0.381 e. The van der Waals surface area contributed by atoms with Gasteiger partial charge in [-0.05, 0) is 94.8 Å². The summed E-state index contributed by atoms with van der Waals surface area (Å²) < 4.78 is 20.7. The van der Waals surface area contributed by atoms with Crippen LogP contribution in [0.1, 0.15) is 49.7 Å². The lowest BCUT2D eigenvalue weighted by Gasteiger charge is -2.38. The van der Waals surface area contributed by atoms with Gasteiger partial charge in [0.2, 0.25) is 0 Å². The SMILES string of the molecule is CCOC[C@]1(CCc2cc3cc(F)ccc3s2)CCN(C(C)(C)c2ccc(C)nc2)C1. The van der Waals surface area contributed by atoms with Crippen LogP contribution in [-0.4, -0.2) is 36.2 Å². The summed E-state index contributed by atoms with van der Waals surface area (Å²) in [7, 11) is 0. The molecule has 4 rings (SSSR count). The lowest BCUT2D eigenvalue weighted by molar-refractivity contribution is 0.0386. The molecule has 1 aliphatic heterocycles. The van der Waals surface area contributed by atoms with Crippen molar-refractivity contribution in [2.24, 2.45) is 5.41 Å². The van der Waals surface area contributed by atoms with E-state index < -0.39 is 0 Å². The number of hydrogen-bond donors (Lipinski definition) is 0. The van der Waals surface area contributed by atoms with Gasteiger partial charge in [0.1, 0.15) is 5.82 Å². The van der Waals surface area contributed by atoms with Crippen molar-refractivity contribution in [3.63, 3.8) is 0 Å². The van der Waals surface area contributed by atoms with E-state index in [-0.39, 0.29) is 16.8 Å². The maximum absolute atomic E-state index is 13.6. The predicted octanol–water partition coefficient (Wildman–Crippen LogP) is 6.34. The molecule has 2 aromatic heterocycles. The molecule has 3 heterocycles. The summed E-state index contributed by atoms with van der Waals surface area (Å²) in [5.41, 5.74) is 2.39. The Morgan fingerprint density at radius 1 is 1.23 bits per heavy atom. The van der Waals surface area contributed by atoms with Crippen LogP contribution < -0.4 is 0 Å².